The Morgan fingerprint density at radius 2 is 1.40 bits per heavy atom. The van der Waals surface area contributed by atoms with Crippen LogP contribution in [0.5, 0.6) is 0 Å². The molecule has 0 heterocycles. The van der Waals surface area contributed by atoms with Crippen LogP contribution >= 0.6 is 0 Å². The van der Waals surface area contributed by atoms with Gasteiger partial charge in [0.15, 0.2) is 8.32 Å². The zero-order valence-electron chi connectivity index (χ0n) is 34.8. The van der Waals surface area contributed by atoms with Gasteiger partial charge in [-0.05, 0) is 81.1 Å². The number of esters is 1. The summed E-state index contributed by atoms with van der Waals surface area (Å²) >= 11 is 0. The van der Waals surface area contributed by atoms with E-state index in [1.54, 1.807) is 6.08 Å². The topological polar surface area (TPSA) is 44.8 Å². The van der Waals surface area contributed by atoms with Crippen LogP contribution in [0.2, 0.25) is 18.1 Å². The lowest BCUT2D eigenvalue weighted by Gasteiger charge is -2.37. The molecular formula is C45H80O4Si. The molecular weight excluding hydrogens is 633 g/mol. The highest BCUT2D eigenvalue weighted by molar-refractivity contribution is 6.74. The zero-order chi connectivity index (χ0) is 37.5. The molecule has 0 aliphatic heterocycles. The van der Waals surface area contributed by atoms with E-state index in [1.807, 2.05) is 19.1 Å². The van der Waals surface area contributed by atoms with E-state index in [4.69, 9.17) is 13.9 Å². The summed E-state index contributed by atoms with van der Waals surface area (Å²) in [5, 5.41) is 0.0845. The Morgan fingerprint density at radius 3 is 1.94 bits per heavy atom. The van der Waals surface area contributed by atoms with E-state index < -0.39 is 14.4 Å². The summed E-state index contributed by atoms with van der Waals surface area (Å²) in [5.41, 5.74) is 5.24. The summed E-state index contributed by atoms with van der Waals surface area (Å²) in [5.74, 6) is -0.349. The molecule has 288 valence electrons. The molecule has 0 amide bonds. The number of hydrogen-bond donors (Lipinski definition) is 0. The number of carbonyl (C=O) groups excluding carboxylic acids is 1. The molecule has 1 rings (SSSR count). The summed E-state index contributed by atoms with van der Waals surface area (Å²) < 4.78 is 18.4. The number of unbranched alkanes of at least 4 members (excludes halogenated alkanes) is 13. The molecule has 4 nitrogen and oxygen atoms in total. The Hall–Kier alpha value is -1.69. The van der Waals surface area contributed by atoms with Gasteiger partial charge in [0.2, 0.25) is 0 Å². The molecule has 0 N–H and O–H groups in total. The summed E-state index contributed by atoms with van der Waals surface area (Å²) in [6.07, 6.45) is 34.2. The average molecular weight is 713 g/mol. The number of carbonyl (C=O) groups is 1. The van der Waals surface area contributed by atoms with E-state index in [0.29, 0.717) is 19.8 Å². The molecule has 0 aromatic rings. The van der Waals surface area contributed by atoms with E-state index in [9.17, 15) is 4.79 Å². The lowest BCUT2D eigenvalue weighted by atomic mass is 9.72. The number of hydrogen-bond acceptors (Lipinski definition) is 4. The molecule has 0 radical (unpaired) electrons. The minimum atomic E-state index is -1.99. The SMILES string of the molecule is CCCCCCCCCCCCCCCCOC[C@H](CO[Si](C)(C)C(C)(C)C)OC(=O)/C=C(C)/C=C/C=C(C)/C=C/C1=C(C)CCCC1(C)C. The maximum atomic E-state index is 13.0. The zero-order valence-corrected chi connectivity index (χ0v) is 35.8. The van der Waals surface area contributed by atoms with Crippen molar-refractivity contribution in [1.82, 2.24) is 0 Å². The summed E-state index contributed by atoms with van der Waals surface area (Å²) in [6, 6.07) is 0. The number of rotatable bonds is 26. The normalized spacial score (nSPS) is 16.9. The summed E-state index contributed by atoms with van der Waals surface area (Å²) in [6.45, 7) is 25.9. The highest BCUT2D eigenvalue weighted by Gasteiger charge is 2.38. The number of allylic oxidation sites excluding steroid dienone is 9. The molecule has 0 saturated carbocycles. The fourth-order valence-electron chi connectivity index (χ4n) is 6.31. The van der Waals surface area contributed by atoms with Crippen molar-refractivity contribution < 1.29 is 18.7 Å². The van der Waals surface area contributed by atoms with Gasteiger partial charge < -0.3 is 13.9 Å². The minimum absolute atomic E-state index is 0.0845. The van der Waals surface area contributed by atoms with Crippen molar-refractivity contribution in [2.75, 3.05) is 19.8 Å². The highest BCUT2D eigenvalue weighted by Crippen LogP contribution is 2.41. The maximum absolute atomic E-state index is 13.0. The van der Waals surface area contributed by atoms with Gasteiger partial charge in [-0.15, -0.1) is 0 Å². The molecule has 0 aromatic carbocycles. The van der Waals surface area contributed by atoms with Crippen LogP contribution in [-0.4, -0.2) is 40.2 Å². The summed E-state index contributed by atoms with van der Waals surface area (Å²) in [7, 11) is -1.99. The fraction of sp³-hybridized carbons (Fsp3) is 0.756. The third kappa shape index (κ3) is 21.0. The van der Waals surface area contributed by atoms with Gasteiger partial charge in [-0.3, -0.25) is 0 Å². The van der Waals surface area contributed by atoms with E-state index in [1.165, 1.54) is 119 Å². The maximum Gasteiger partial charge on any atom is 0.331 e. The molecule has 0 saturated heterocycles. The first kappa shape index (κ1) is 46.3. The fourth-order valence-corrected chi connectivity index (χ4v) is 7.35. The first-order valence-electron chi connectivity index (χ1n) is 20.4. The van der Waals surface area contributed by atoms with Crippen LogP contribution in [-0.2, 0) is 18.7 Å². The highest BCUT2D eigenvalue weighted by atomic mass is 28.4. The first-order chi connectivity index (χ1) is 23.6. The average Bonchev–Trinajstić information content (AvgIpc) is 3.02. The standard InChI is InChI=1S/C45H80O4Si/c1-12-13-14-15-16-17-18-19-20-21-22-23-24-25-34-47-36-41(37-48-50(10,11)44(5,6)7)49-43(46)35-39(3)29-26-28-38(2)31-32-42-40(4)30-27-33-45(42,8)9/h26,28-29,31-32,35,41H,12-25,27,30,33-34,36-37H2,1-11H3/b29-26+,32-31+,38-28+,39-35+/t41-/m1/s1. The Bertz CT molecular complexity index is 1100. The molecule has 1 atom stereocenters. The third-order valence-corrected chi connectivity index (χ3v) is 15.3. The van der Waals surface area contributed by atoms with Crippen molar-refractivity contribution in [1.29, 1.82) is 0 Å². The largest absolute Gasteiger partial charge is 0.454 e. The predicted molar refractivity (Wildman–Crippen MR) is 220 cm³/mol. The molecule has 5 heteroatoms. The van der Waals surface area contributed by atoms with E-state index >= 15 is 0 Å². The van der Waals surface area contributed by atoms with Crippen molar-refractivity contribution in [3.05, 3.63) is 58.7 Å². The molecule has 0 spiro atoms. The molecule has 0 unspecified atom stereocenters. The Kier molecular flexibility index (Phi) is 23.5. The monoisotopic (exact) mass is 713 g/mol. The minimum Gasteiger partial charge on any atom is -0.454 e. The van der Waals surface area contributed by atoms with Gasteiger partial charge in [-0.1, -0.05) is 167 Å². The predicted octanol–water partition coefficient (Wildman–Crippen LogP) is 13.9. The van der Waals surface area contributed by atoms with Crippen LogP contribution in [0, 0.1) is 5.41 Å². The molecule has 0 fully saturated rings. The van der Waals surface area contributed by atoms with Crippen LogP contribution in [0.15, 0.2) is 58.7 Å². The van der Waals surface area contributed by atoms with Crippen LogP contribution in [0.25, 0.3) is 0 Å². The molecule has 0 aromatic heterocycles. The first-order valence-corrected chi connectivity index (χ1v) is 23.3. The van der Waals surface area contributed by atoms with Crippen LogP contribution in [0.3, 0.4) is 0 Å². The van der Waals surface area contributed by atoms with Gasteiger partial charge >= 0.3 is 5.97 Å². The second-order valence-electron chi connectivity index (χ2n) is 17.2. The van der Waals surface area contributed by atoms with Gasteiger partial charge in [0.1, 0.15) is 6.10 Å². The lowest BCUT2D eigenvalue weighted by Crippen LogP contribution is -2.44. The summed E-state index contributed by atoms with van der Waals surface area (Å²) in [4.78, 5) is 13.0. The third-order valence-electron chi connectivity index (χ3n) is 10.8. The van der Waals surface area contributed by atoms with Gasteiger partial charge in [-0.25, -0.2) is 4.79 Å². The van der Waals surface area contributed by atoms with Crippen molar-refractivity contribution >= 4 is 14.3 Å². The van der Waals surface area contributed by atoms with E-state index in [0.717, 1.165) is 12.0 Å². The van der Waals surface area contributed by atoms with Crippen molar-refractivity contribution in [2.24, 2.45) is 5.41 Å². The number of ether oxygens (including phenoxy) is 2. The van der Waals surface area contributed by atoms with Gasteiger partial charge in [-0.2, -0.15) is 0 Å². The molecule has 50 heavy (non-hydrogen) atoms. The Morgan fingerprint density at radius 1 is 0.840 bits per heavy atom. The Labute approximate surface area is 311 Å². The quantitative estimate of drug-likeness (QED) is 0.0294. The van der Waals surface area contributed by atoms with Gasteiger partial charge in [0, 0.05) is 12.7 Å². The second kappa shape index (κ2) is 25.3. The van der Waals surface area contributed by atoms with Gasteiger partial charge in [0.05, 0.1) is 13.2 Å². The molecule has 1 aliphatic carbocycles. The van der Waals surface area contributed by atoms with E-state index in [-0.39, 0.29) is 16.4 Å². The second-order valence-corrected chi connectivity index (χ2v) is 22.0. The Balaban J connectivity index is 2.53. The van der Waals surface area contributed by atoms with Crippen molar-refractivity contribution in [2.45, 2.75) is 196 Å². The van der Waals surface area contributed by atoms with Crippen LogP contribution < -0.4 is 0 Å². The van der Waals surface area contributed by atoms with Crippen LogP contribution in [0.4, 0.5) is 0 Å². The van der Waals surface area contributed by atoms with E-state index in [2.05, 4.69) is 86.7 Å². The van der Waals surface area contributed by atoms with Gasteiger partial charge in [0.25, 0.3) is 0 Å². The van der Waals surface area contributed by atoms with Crippen molar-refractivity contribution in [3.63, 3.8) is 0 Å². The van der Waals surface area contributed by atoms with Crippen LogP contribution in [0.1, 0.15) is 171 Å². The smallest absolute Gasteiger partial charge is 0.331 e. The lowest BCUT2D eigenvalue weighted by molar-refractivity contribution is -0.148. The molecule has 0 bridgehead atoms. The van der Waals surface area contributed by atoms with Crippen molar-refractivity contribution in [3.8, 4) is 0 Å². The molecule has 1 aliphatic rings.